The second kappa shape index (κ2) is 8.39. The van der Waals surface area contributed by atoms with Crippen molar-refractivity contribution in [3.05, 3.63) is 0 Å². The molecule has 1 fully saturated rings. The summed E-state index contributed by atoms with van der Waals surface area (Å²) in [7, 11) is 0. The van der Waals surface area contributed by atoms with E-state index in [1.165, 1.54) is 0 Å². The van der Waals surface area contributed by atoms with Gasteiger partial charge in [-0.2, -0.15) is 11.8 Å². The van der Waals surface area contributed by atoms with Crippen molar-refractivity contribution < 1.29 is 24.2 Å². The second-order valence-electron chi connectivity index (χ2n) is 4.30. The number of amides is 1. The molecular formula is C12H21NO5S. The predicted molar refractivity (Wildman–Crippen MR) is 72.4 cm³/mol. The maximum absolute atomic E-state index is 11.7. The number of hydrogen-bond donors (Lipinski definition) is 2. The van der Waals surface area contributed by atoms with E-state index in [4.69, 9.17) is 9.47 Å². The average Bonchev–Trinajstić information content (AvgIpc) is 2.39. The summed E-state index contributed by atoms with van der Waals surface area (Å²) in [5, 5.41) is 11.9. The molecule has 6 nitrogen and oxygen atoms in total. The first-order chi connectivity index (χ1) is 9.10. The number of carboxylic acid groups (broad SMARTS) is 1. The summed E-state index contributed by atoms with van der Waals surface area (Å²) in [6, 6.07) is 0. The largest absolute Gasteiger partial charge is 0.480 e. The molecular weight excluding hydrogens is 270 g/mol. The summed E-state index contributed by atoms with van der Waals surface area (Å²) in [5.41, 5.74) is -1.12. The van der Waals surface area contributed by atoms with Gasteiger partial charge in [0.25, 0.3) is 0 Å². The van der Waals surface area contributed by atoms with Gasteiger partial charge in [0.05, 0.1) is 13.2 Å². The van der Waals surface area contributed by atoms with Crippen LogP contribution in [0.5, 0.6) is 0 Å². The quantitative estimate of drug-likeness (QED) is 0.634. The predicted octanol–water partition coefficient (Wildman–Crippen LogP) is 0.506. The minimum absolute atomic E-state index is 0.130. The summed E-state index contributed by atoms with van der Waals surface area (Å²) in [6.45, 7) is 3.12. The molecule has 0 atom stereocenters. The Hall–Kier alpha value is -0.790. The molecule has 1 aliphatic heterocycles. The van der Waals surface area contributed by atoms with Crippen LogP contribution in [-0.2, 0) is 19.1 Å². The van der Waals surface area contributed by atoms with Gasteiger partial charge in [0, 0.05) is 6.61 Å². The highest BCUT2D eigenvalue weighted by molar-refractivity contribution is 7.99. The van der Waals surface area contributed by atoms with E-state index in [0.717, 1.165) is 11.5 Å². The monoisotopic (exact) mass is 291 g/mol. The molecule has 1 heterocycles. The maximum atomic E-state index is 11.7. The van der Waals surface area contributed by atoms with Gasteiger partial charge in [0.15, 0.2) is 0 Å². The lowest BCUT2D eigenvalue weighted by molar-refractivity contribution is -0.149. The molecule has 1 rings (SSSR count). The van der Waals surface area contributed by atoms with Gasteiger partial charge in [0.1, 0.15) is 12.1 Å². The van der Waals surface area contributed by atoms with Crippen LogP contribution in [0.3, 0.4) is 0 Å². The van der Waals surface area contributed by atoms with Crippen molar-refractivity contribution >= 4 is 23.6 Å². The lowest BCUT2D eigenvalue weighted by Crippen LogP contribution is -2.57. The van der Waals surface area contributed by atoms with Crippen LogP contribution in [0.1, 0.15) is 19.8 Å². The molecule has 2 N–H and O–H groups in total. The number of carboxylic acids is 1. The normalized spacial score (nSPS) is 17.9. The first-order valence-corrected chi connectivity index (χ1v) is 7.54. The summed E-state index contributed by atoms with van der Waals surface area (Å²) >= 11 is 1.71. The molecule has 1 aliphatic rings. The summed E-state index contributed by atoms with van der Waals surface area (Å²) in [6.07, 6.45) is 0.912. The highest BCUT2D eigenvalue weighted by atomic mass is 32.2. The summed E-state index contributed by atoms with van der Waals surface area (Å²) in [5.74, 6) is 0.150. The van der Waals surface area contributed by atoms with Crippen LogP contribution in [0, 0.1) is 0 Å². The minimum atomic E-state index is -1.12. The number of rotatable bonds is 8. The third-order valence-electron chi connectivity index (χ3n) is 2.94. The molecule has 0 saturated carbocycles. The third kappa shape index (κ3) is 5.38. The molecule has 1 saturated heterocycles. The van der Waals surface area contributed by atoms with E-state index in [-0.39, 0.29) is 12.5 Å². The van der Waals surface area contributed by atoms with E-state index < -0.39 is 11.5 Å². The molecule has 0 aromatic heterocycles. The van der Waals surface area contributed by atoms with Gasteiger partial charge in [-0.1, -0.05) is 0 Å². The Morgan fingerprint density at radius 2 is 1.89 bits per heavy atom. The molecule has 0 radical (unpaired) electrons. The molecule has 0 unspecified atom stereocenters. The third-order valence-corrected chi connectivity index (χ3v) is 3.93. The molecule has 0 aromatic rings. The molecule has 0 aromatic carbocycles. The van der Waals surface area contributed by atoms with Crippen molar-refractivity contribution in [1.82, 2.24) is 5.32 Å². The van der Waals surface area contributed by atoms with E-state index in [1.54, 1.807) is 11.8 Å². The highest BCUT2D eigenvalue weighted by Crippen LogP contribution is 2.27. The molecule has 1 amide bonds. The van der Waals surface area contributed by atoms with Crippen molar-refractivity contribution in [2.24, 2.45) is 0 Å². The number of nitrogens with one attached hydrogen (secondary N) is 1. The van der Waals surface area contributed by atoms with Crippen molar-refractivity contribution in [1.29, 1.82) is 0 Å². The molecule has 7 heteroatoms. The number of hydrogen-bond acceptors (Lipinski definition) is 5. The van der Waals surface area contributed by atoms with Crippen molar-refractivity contribution in [3.8, 4) is 0 Å². The first kappa shape index (κ1) is 16.3. The number of carbonyl (C=O) groups is 2. The molecule has 0 bridgehead atoms. The van der Waals surface area contributed by atoms with Crippen molar-refractivity contribution in [2.45, 2.75) is 25.3 Å². The van der Waals surface area contributed by atoms with Gasteiger partial charge in [0.2, 0.25) is 5.91 Å². The Labute approximate surface area is 117 Å². The van der Waals surface area contributed by atoms with Crippen LogP contribution in [0.2, 0.25) is 0 Å². The van der Waals surface area contributed by atoms with Crippen LogP contribution < -0.4 is 5.32 Å². The zero-order valence-electron chi connectivity index (χ0n) is 11.1. The zero-order valence-corrected chi connectivity index (χ0v) is 12.0. The maximum Gasteiger partial charge on any atom is 0.329 e. The number of ether oxygens (including phenoxy) is 2. The van der Waals surface area contributed by atoms with E-state index in [2.05, 4.69) is 5.32 Å². The summed E-state index contributed by atoms with van der Waals surface area (Å²) < 4.78 is 10.2. The van der Waals surface area contributed by atoms with E-state index in [9.17, 15) is 14.7 Å². The fraction of sp³-hybridized carbons (Fsp3) is 0.833. The van der Waals surface area contributed by atoms with Crippen LogP contribution in [-0.4, -0.2) is 60.5 Å². The number of carbonyl (C=O) groups excluding carboxylic acids is 1. The molecule has 0 aliphatic carbocycles. The molecule has 19 heavy (non-hydrogen) atoms. The van der Waals surface area contributed by atoms with E-state index in [1.807, 2.05) is 6.92 Å². The standard InChI is InChI=1S/C12H21NO5S/c1-2-17-5-6-18-9-10(14)13-12(11(15)16)3-7-19-8-4-12/h2-9H2,1H3,(H,13,14)(H,15,16). The van der Waals surface area contributed by atoms with Gasteiger partial charge in [-0.15, -0.1) is 0 Å². The number of aliphatic carboxylic acids is 1. The summed E-state index contributed by atoms with van der Waals surface area (Å²) in [4.78, 5) is 23.0. The van der Waals surface area contributed by atoms with E-state index >= 15 is 0 Å². The smallest absolute Gasteiger partial charge is 0.329 e. The van der Waals surface area contributed by atoms with Crippen LogP contribution in [0.15, 0.2) is 0 Å². The lowest BCUT2D eigenvalue weighted by Gasteiger charge is -2.33. The van der Waals surface area contributed by atoms with Crippen molar-refractivity contribution in [2.75, 3.05) is 37.9 Å². The van der Waals surface area contributed by atoms with Gasteiger partial charge < -0.3 is 19.9 Å². The minimum Gasteiger partial charge on any atom is -0.480 e. The fourth-order valence-electron chi connectivity index (χ4n) is 1.84. The number of thioether (sulfide) groups is 1. The topological polar surface area (TPSA) is 84.9 Å². The van der Waals surface area contributed by atoms with E-state index in [0.29, 0.717) is 32.7 Å². The Kier molecular flexibility index (Phi) is 7.19. The van der Waals surface area contributed by atoms with Crippen molar-refractivity contribution in [3.63, 3.8) is 0 Å². The highest BCUT2D eigenvalue weighted by Gasteiger charge is 2.41. The van der Waals surface area contributed by atoms with Gasteiger partial charge >= 0.3 is 5.97 Å². The first-order valence-electron chi connectivity index (χ1n) is 6.38. The van der Waals surface area contributed by atoms with Crippen LogP contribution in [0.25, 0.3) is 0 Å². The zero-order chi connectivity index (χ0) is 14.1. The second-order valence-corrected chi connectivity index (χ2v) is 5.52. The SMILES string of the molecule is CCOCCOCC(=O)NC1(C(=O)O)CCSCC1. The Bertz CT molecular complexity index is 304. The fourth-order valence-corrected chi connectivity index (χ4v) is 3.03. The van der Waals surface area contributed by atoms with Crippen LogP contribution >= 0.6 is 11.8 Å². The van der Waals surface area contributed by atoms with Crippen LogP contribution in [0.4, 0.5) is 0 Å². The van der Waals surface area contributed by atoms with Gasteiger partial charge in [-0.05, 0) is 31.3 Å². The Morgan fingerprint density at radius 3 is 2.47 bits per heavy atom. The average molecular weight is 291 g/mol. The Balaban J connectivity index is 2.33. The molecule has 0 spiro atoms. The van der Waals surface area contributed by atoms with Gasteiger partial charge in [-0.3, -0.25) is 4.79 Å². The van der Waals surface area contributed by atoms with Gasteiger partial charge in [-0.25, -0.2) is 4.79 Å². The Morgan fingerprint density at radius 1 is 1.26 bits per heavy atom. The lowest BCUT2D eigenvalue weighted by atomic mass is 9.92. The molecule has 110 valence electrons.